The number of hydrogen-bond donors (Lipinski definition) is 3. The molecule has 0 spiro atoms. The van der Waals surface area contributed by atoms with Crippen LogP contribution in [0.2, 0.25) is 0 Å². The van der Waals surface area contributed by atoms with Crippen LogP contribution >= 0.6 is 0 Å². The summed E-state index contributed by atoms with van der Waals surface area (Å²) in [5.41, 5.74) is 1.57. The number of carbonyl (C=O) groups is 1. The summed E-state index contributed by atoms with van der Waals surface area (Å²) in [7, 11) is 2.67. The van der Waals surface area contributed by atoms with E-state index in [1.54, 1.807) is 30.1 Å². The number of pyridine rings is 1. The fraction of sp³-hybridized carbons (Fsp3) is 0.318. The van der Waals surface area contributed by atoms with Crippen molar-refractivity contribution < 1.29 is 24.5 Å². The highest BCUT2D eigenvalue weighted by molar-refractivity contribution is 5.71. The summed E-state index contributed by atoms with van der Waals surface area (Å²) >= 11 is 0. The third kappa shape index (κ3) is 4.71. The molecule has 3 rings (SSSR count). The number of aromatic nitrogens is 3. The number of aromatic hydroxyl groups is 2. The van der Waals surface area contributed by atoms with Crippen LogP contribution in [0.3, 0.4) is 0 Å². The number of nitrogens with one attached hydrogen (secondary N) is 1. The number of hydrogen-bond acceptors (Lipinski definition) is 7. The molecular formula is C22H25N3O6. The predicted octanol–water partition coefficient (Wildman–Crippen LogP) is 2.24. The summed E-state index contributed by atoms with van der Waals surface area (Å²) in [5.74, 6) is -1.48. The van der Waals surface area contributed by atoms with Gasteiger partial charge < -0.3 is 29.2 Å². The van der Waals surface area contributed by atoms with Crippen molar-refractivity contribution in [2.75, 3.05) is 14.2 Å². The van der Waals surface area contributed by atoms with Crippen LogP contribution < -0.4 is 10.3 Å². The van der Waals surface area contributed by atoms with E-state index in [-0.39, 0.29) is 29.2 Å². The van der Waals surface area contributed by atoms with Crippen molar-refractivity contribution in [3.05, 3.63) is 69.7 Å². The van der Waals surface area contributed by atoms with Crippen LogP contribution in [0.1, 0.15) is 34.9 Å². The Balaban J connectivity index is 2.09. The number of aromatic amines is 1. The van der Waals surface area contributed by atoms with Crippen molar-refractivity contribution in [2.45, 2.75) is 32.2 Å². The highest BCUT2D eigenvalue weighted by Gasteiger charge is 2.27. The molecule has 1 atom stereocenters. The predicted molar refractivity (Wildman–Crippen MR) is 113 cm³/mol. The fourth-order valence-corrected chi connectivity index (χ4v) is 3.59. The van der Waals surface area contributed by atoms with E-state index in [4.69, 9.17) is 9.47 Å². The maximum absolute atomic E-state index is 13.4. The molecule has 3 N–H and O–H groups in total. The number of esters is 1. The van der Waals surface area contributed by atoms with Gasteiger partial charge in [-0.25, -0.2) is 4.98 Å². The van der Waals surface area contributed by atoms with Crippen molar-refractivity contribution in [1.29, 1.82) is 0 Å². The number of rotatable bonds is 8. The molecule has 0 saturated heterocycles. The Morgan fingerprint density at radius 2 is 2.00 bits per heavy atom. The maximum Gasteiger partial charge on any atom is 0.306 e. The summed E-state index contributed by atoms with van der Waals surface area (Å²) in [6.45, 7) is 2.09. The molecule has 164 valence electrons. The lowest BCUT2D eigenvalue weighted by Gasteiger charge is -2.21. The molecule has 0 unspecified atom stereocenters. The SMILES string of the molecule is COC(=O)C[C@H](c1ccc(OC)c(O)c1)c1c(O)cc(C)n(CCc2cnc[nH]2)c1=O. The molecule has 31 heavy (non-hydrogen) atoms. The lowest BCUT2D eigenvalue weighted by atomic mass is 9.88. The number of nitrogens with zero attached hydrogens (tertiary/aromatic N) is 2. The Kier molecular flexibility index (Phi) is 6.64. The third-order valence-corrected chi connectivity index (χ3v) is 5.23. The van der Waals surface area contributed by atoms with E-state index in [0.29, 0.717) is 24.2 Å². The number of methoxy groups -OCH3 is 2. The summed E-state index contributed by atoms with van der Waals surface area (Å²) in [6, 6.07) is 6.09. The molecule has 0 amide bonds. The number of ether oxygens (including phenoxy) is 2. The second kappa shape index (κ2) is 9.38. The van der Waals surface area contributed by atoms with E-state index in [2.05, 4.69) is 9.97 Å². The number of H-pyrrole nitrogens is 1. The Bertz CT molecular complexity index is 1120. The number of aryl methyl sites for hydroxylation is 2. The van der Waals surface area contributed by atoms with Gasteiger partial charge in [-0.15, -0.1) is 0 Å². The lowest BCUT2D eigenvalue weighted by Crippen LogP contribution is -2.29. The molecule has 2 heterocycles. The Morgan fingerprint density at radius 3 is 2.61 bits per heavy atom. The van der Waals surface area contributed by atoms with Gasteiger partial charge >= 0.3 is 5.97 Å². The first-order valence-corrected chi connectivity index (χ1v) is 9.70. The zero-order chi connectivity index (χ0) is 22.5. The summed E-state index contributed by atoms with van der Waals surface area (Å²) in [5, 5.41) is 20.9. The average molecular weight is 427 g/mol. The standard InChI is InChI=1S/C22H25N3O6/c1-13-8-18(27)21(22(29)25(13)7-6-15-11-23-12-24-15)16(10-20(28)31-3)14-4-5-19(30-2)17(26)9-14/h4-5,8-9,11-12,16,26-27H,6-7,10H2,1-3H3,(H,23,24)/t16-/m1/s1. The molecule has 0 saturated carbocycles. The largest absolute Gasteiger partial charge is 0.507 e. The van der Waals surface area contributed by atoms with Gasteiger partial charge in [0.25, 0.3) is 5.56 Å². The topological polar surface area (TPSA) is 127 Å². The number of imidazole rings is 1. The summed E-state index contributed by atoms with van der Waals surface area (Å²) in [4.78, 5) is 32.5. The molecular weight excluding hydrogens is 402 g/mol. The molecule has 0 bridgehead atoms. The highest BCUT2D eigenvalue weighted by Crippen LogP contribution is 2.36. The van der Waals surface area contributed by atoms with Crippen LogP contribution in [0.4, 0.5) is 0 Å². The van der Waals surface area contributed by atoms with Crippen molar-refractivity contribution in [3.8, 4) is 17.2 Å². The van der Waals surface area contributed by atoms with Gasteiger partial charge in [-0.05, 0) is 30.7 Å². The van der Waals surface area contributed by atoms with Crippen LogP contribution in [0.25, 0.3) is 0 Å². The number of phenolic OH excluding ortho intramolecular Hbond substituents is 1. The van der Waals surface area contributed by atoms with Crippen LogP contribution in [-0.4, -0.2) is 44.9 Å². The molecule has 0 aliphatic carbocycles. The minimum atomic E-state index is -0.823. The summed E-state index contributed by atoms with van der Waals surface area (Å²) in [6.07, 6.45) is 3.60. The van der Waals surface area contributed by atoms with Crippen LogP contribution in [0.15, 0.2) is 41.6 Å². The van der Waals surface area contributed by atoms with Crippen molar-refractivity contribution >= 4 is 5.97 Å². The van der Waals surface area contributed by atoms with Gasteiger partial charge in [-0.2, -0.15) is 0 Å². The Morgan fingerprint density at radius 1 is 1.23 bits per heavy atom. The lowest BCUT2D eigenvalue weighted by molar-refractivity contribution is -0.140. The van der Waals surface area contributed by atoms with Crippen LogP contribution in [0, 0.1) is 6.92 Å². The summed E-state index contributed by atoms with van der Waals surface area (Å²) < 4.78 is 11.4. The molecule has 0 radical (unpaired) electrons. The van der Waals surface area contributed by atoms with Crippen molar-refractivity contribution in [1.82, 2.24) is 14.5 Å². The van der Waals surface area contributed by atoms with Crippen LogP contribution in [0.5, 0.6) is 17.2 Å². The molecule has 9 heteroatoms. The van der Waals surface area contributed by atoms with Crippen molar-refractivity contribution in [3.63, 3.8) is 0 Å². The van der Waals surface area contributed by atoms with Crippen LogP contribution in [-0.2, 0) is 22.5 Å². The first-order valence-electron chi connectivity index (χ1n) is 9.70. The molecule has 3 aromatic rings. The first-order chi connectivity index (χ1) is 14.8. The minimum Gasteiger partial charge on any atom is -0.507 e. The van der Waals surface area contributed by atoms with Gasteiger partial charge in [0.1, 0.15) is 5.75 Å². The molecule has 2 aromatic heterocycles. The van der Waals surface area contributed by atoms with Gasteiger partial charge in [0, 0.05) is 36.5 Å². The fourth-order valence-electron chi connectivity index (χ4n) is 3.59. The number of phenols is 1. The average Bonchev–Trinajstić information content (AvgIpc) is 3.26. The van der Waals surface area contributed by atoms with Gasteiger partial charge in [0.15, 0.2) is 11.5 Å². The molecule has 0 aliphatic heterocycles. The van der Waals surface area contributed by atoms with E-state index >= 15 is 0 Å². The third-order valence-electron chi connectivity index (χ3n) is 5.23. The number of benzene rings is 1. The molecule has 1 aromatic carbocycles. The zero-order valence-electron chi connectivity index (χ0n) is 17.6. The van der Waals surface area contributed by atoms with Crippen molar-refractivity contribution in [2.24, 2.45) is 0 Å². The second-order valence-corrected chi connectivity index (χ2v) is 7.13. The van der Waals surface area contributed by atoms with E-state index in [0.717, 1.165) is 5.69 Å². The monoisotopic (exact) mass is 427 g/mol. The molecule has 0 aliphatic rings. The zero-order valence-corrected chi connectivity index (χ0v) is 17.6. The second-order valence-electron chi connectivity index (χ2n) is 7.13. The normalized spacial score (nSPS) is 11.8. The highest BCUT2D eigenvalue weighted by atomic mass is 16.5. The first kappa shape index (κ1) is 21.9. The van der Waals surface area contributed by atoms with Gasteiger partial charge in [-0.1, -0.05) is 6.07 Å². The van der Waals surface area contributed by atoms with Gasteiger partial charge in [0.2, 0.25) is 0 Å². The van der Waals surface area contributed by atoms with E-state index < -0.39 is 17.4 Å². The minimum absolute atomic E-state index is 0.0603. The van der Waals surface area contributed by atoms with Gasteiger partial charge in [0.05, 0.1) is 32.5 Å². The number of carbonyl (C=O) groups excluding carboxylic acids is 1. The van der Waals surface area contributed by atoms with E-state index in [1.807, 2.05) is 0 Å². The Labute approximate surface area is 178 Å². The Hall–Kier alpha value is -3.75. The maximum atomic E-state index is 13.4. The van der Waals surface area contributed by atoms with Gasteiger partial charge in [-0.3, -0.25) is 9.59 Å². The molecule has 0 fully saturated rings. The van der Waals surface area contributed by atoms with E-state index in [9.17, 15) is 19.8 Å². The quantitative estimate of drug-likeness (QED) is 0.471. The van der Waals surface area contributed by atoms with E-state index in [1.165, 1.54) is 32.4 Å². The molecule has 9 nitrogen and oxygen atoms in total. The smallest absolute Gasteiger partial charge is 0.306 e.